The minimum absolute atomic E-state index is 0.226. The summed E-state index contributed by atoms with van der Waals surface area (Å²) >= 11 is 1.31. The van der Waals surface area contributed by atoms with Crippen molar-refractivity contribution in [1.29, 1.82) is 0 Å². The summed E-state index contributed by atoms with van der Waals surface area (Å²) < 4.78 is 5.38. The molecule has 1 rings (SSSR count). The Balaban J connectivity index is 2.08. The molecule has 1 aromatic rings. The van der Waals surface area contributed by atoms with E-state index in [0.717, 1.165) is 5.56 Å². The van der Waals surface area contributed by atoms with Crippen molar-refractivity contribution in [2.75, 3.05) is 18.1 Å². The maximum Gasteiger partial charge on any atom is 0.321 e. The van der Waals surface area contributed by atoms with Gasteiger partial charge in [0.05, 0.1) is 19.3 Å². The average Bonchev–Trinajstić information content (AvgIpc) is 2.39. The largest absolute Gasteiger partial charge is 0.480 e. The van der Waals surface area contributed by atoms with E-state index in [1.54, 1.807) is 0 Å². The van der Waals surface area contributed by atoms with Crippen molar-refractivity contribution < 1.29 is 19.7 Å². The molecular formula is C13H19NO4S. The molecule has 2 atom stereocenters. The zero-order valence-corrected chi connectivity index (χ0v) is 11.4. The van der Waals surface area contributed by atoms with Crippen LogP contribution in [0.3, 0.4) is 0 Å². The number of rotatable bonds is 9. The number of hydrogen-bond acceptors (Lipinski definition) is 5. The van der Waals surface area contributed by atoms with E-state index in [1.807, 2.05) is 30.3 Å². The highest BCUT2D eigenvalue weighted by Gasteiger charge is 2.12. The molecule has 0 fully saturated rings. The quantitative estimate of drug-likeness (QED) is 0.619. The molecule has 0 spiro atoms. The van der Waals surface area contributed by atoms with E-state index in [4.69, 9.17) is 15.6 Å². The number of benzene rings is 1. The number of carbonyl (C=O) groups is 1. The number of hydrogen-bond donors (Lipinski definition) is 3. The van der Waals surface area contributed by atoms with Crippen molar-refractivity contribution in [3.63, 3.8) is 0 Å². The van der Waals surface area contributed by atoms with Crippen LogP contribution in [0.15, 0.2) is 30.3 Å². The van der Waals surface area contributed by atoms with Gasteiger partial charge >= 0.3 is 5.97 Å². The predicted octanol–water partition coefficient (Wildman–Crippen LogP) is 0.709. The molecule has 106 valence electrons. The lowest BCUT2D eigenvalue weighted by molar-refractivity contribution is -0.137. The molecule has 0 aliphatic heterocycles. The van der Waals surface area contributed by atoms with Gasteiger partial charge < -0.3 is 20.7 Å². The van der Waals surface area contributed by atoms with Gasteiger partial charge in [0.1, 0.15) is 6.04 Å². The fraction of sp³-hybridized carbons (Fsp3) is 0.462. The normalized spacial score (nSPS) is 14.0. The fourth-order valence-corrected chi connectivity index (χ4v) is 2.24. The first-order valence-corrected chi connectivity index (χ1v) is 7.11. The summed E-state index contributed by atoms with van der Waals surface area (Å²) in [5, 5.41) is 18.2. The summed E-state index contributed by atoms with van der Waals surface area (Å²) in [4.78, 5) is 10.5. The molecule has 19 heavy (non-hydrogen) atoms. The SMILES string of the molecule is N[C@H](CSCC(O)COCc1ccccc1)C(=O)O. The van der Waals surface area contributed by atoms with Crippen LogP contribution in [0.5, 0.6) is 0 Å². The second-order valence-corrected chi connectivity index (χ2v) is 5.21. The van der Waals surface area contributed by atoms with Gasteiger partial charge in [-0.25, -0.2) is 0 Å². The molecule has 0 saturated carbocycles. The number of nitrogens with two attached hydrogens (primary N) is 1. The summed E-state index contributed by atoms with van der Waals surface area (Å²) in [5.41, 5.74) is 6.40. The molecule has 0 heterocycles. The second-order valence-electron chi connectivity index (χ2n) is 4.14. The molecule has 0 radical (unpaired) electrons. The molecule has 0 saturated heterocycles. The summed E-state index contributed by atoms with van der Waals surface area (Å²) in [6.07, 6.45) is -0.616. The van der Waals surface area contributed by atoms with Crippen LogP contribution in [0.4, 0.5) is 0 Å². The van der Waals surface area contributed by atoms with E-state index in [0.29, 0.717) is 12.4 Å². The zero-order valence-electron chi connectivity index (χ0n) is 10.6. The molecule has 5 nitrogen and oxygen atoms in total. The number of carboxylic acids is 1. The Morgan fingerprint density at radius 3 is 2.63 bits per heavy atom. The Hall–Kier alpha value is -1.08. The lowest BCUT2D eigenvalue weighted by Crippen LogP contribution is -2.33. The first kappa shape index (κ1) is 16.0. The van der Waals surface area contributed by atoms with Crippen molar-refractivity contribution in [3.8, 4) is 0 Å². The van der Waals surface area contributed by atoms with Crippen molar-refractivity contribution in [3.05, 3.63) is 35.9 Å². The highest BCUT2D eigenvalue weighted by molar-refractivity contribution is 7.99. The highest BCUT2D eigenvalue weighted by atomic mass is 32.2. The number of thioether (sulfide) groups is 1. The molecule has 0 aliphatic carbocycles. The number of carboxylic acid groups (broad SMARTS) is 1. The molecule has 0 amide bonds. The van der Waals surface area contributed by atoms with Gasteiger partial charge in [-0.05, 0) is 5.56 Å². The van der Waals surface area contributed by atoms with Gasteiger partial charge in [-0.15, -0.1) is 0 Å². The Labute approximate surface area is 116 Å². The van der Waals surface area contributed by atoms with Crippen LogP contribution >= 0.6 is 11.8 Å². The van der Waals surface area contributed by atoms with E-state index in [1.165, 1.54) is 11.8 Å². The lowest BCUT2D eigenvalue weighted by atomic mass is 10.2. The van der Waals surface area contributed by atoms with Gasteiger partial charge in [0, 0.05) is 11.5 Å². The van der Waals surface area contributed by atoms with E-state index in [9.17, 15) is 9.90 Å². The maximum atomic E-state index is 10.5. The topological polar surface area (TPSA) is 92.8 Å². The predicted molar refractivity (Wildman–Crippen MR) is 75.0 cm³/mol. The van der Waals surface area contributed by atoms with Gasteiger partial charge in [-0.3, -0.25) is 4.79 Å². The number of ether oxygens (including phenoxy) is 1. The molecule has 0 bridgehead atoms. The molecule has 1 aromatic carbocycles. The molecule has 0 aliphatic rings. The summed E-state index contributed by atoms with van der Waals surface area (Å²) in [6.45, 7) is 0.682. The summed E-state index contributed by atoms with van der Waals surface area (Å²) in [5.74, 6) is -0.330. The van der Waals surface area contributed by atoms with Gasteiger partial charge in [0.15, 0.2) is 0 Å². The first-order chi connectivity index (χ1) is 9.09. The van der Waals surface area contributed by atoms with Gasteiger partial charge in [-0.1, -0.05) is 30.3 Å². The van der Waals surface area contributed by atoms with E-state index < -0.39 is 18.1 Å². The van der Waals surface area contributed by atoms with Crippen LogP contribution in [0, 0.1) is 0 Å². The third-order valence-electron chi connectivity index (χ3n) is 2.35. The Morgan fingerprint density at radius 1 is 1.32 bits per heavy atom. The second kappa shape index (κ2) is 8.92. The van der Waals surface area contributed by atoms with Crippen LogP contribution in [0.2, 0.25) is 0 Å². The molecule has 4 N–H and O–H groups in total. The minimum Gasteiger partial charge on any atom is -0.480 e. The lowest BCUT2D eigenvalue weighted by Gasteiger charge is -2.12. The third-order valence-corrected chi connectivity index (χ3v) is 3.56. The average molecular weight is 285 g/mol. The van der Waals surface area contributed by atoms with E-state index in [-0.39, 0.29) is 12.4 Å². The Bertz CT molecular complexity index is 374. The van der Waals surface area contributed by atoms with Crippen molar-refractivity contribution in [2.45, 2.75) is 18.8 Å². The molecule has 1 unspecified atom stereocenters. The first-order valence-electron chi connectivity index (χ1n) is 5.95. The van der Waals surface area contributed by atoms with Gasteiger partial charge in [-0.2, -0.15) is 11.8 Å². The smallest absolute Gasteiger partial charge is 0.321 e. The Morgan fingerprint density at radius 2 is 2.00 bits per heavy atom. The fourth-order valence-electron chi connectivity index (χ4n) is 1.34. The molecule has 0 aromatic heterocycles. The van der Waals surface area contributed by atoms with Gasteiger partial charge in [0.25, 0.3) is 0 Å². The van der Waals surface area contributed by atoms with Crippen molar-refractivity contribution in [1.82, 2.24) is 0 Å². The molecular weight excluding hydrogens is 266 g/mol. The van der Waals surface area contributed by atoms with Crippen molar-refractivity contribution in [2.24, 2.45) is 5.73 Å². The molecule has 6 heteroatoms. The zero-order chi connectivity index (χ0) is 14.1. The summed E-state index contributed by atoms with van der Waals surface area (Å²) in [7, 11) is 0. The summed E-state index contributed by atoms with van der Waals surface area (Å²) in [6, 6.07) is 8.81. The van der Waals surface area contributed by atoms with E-state index in [2.05, 4.69) is 0 Å². The van der Waals surface area contributed by atoms with Crippen LogP contribution in [-0.4, -0.2) is 46.4 Å². The van der Waals surface area contributed by atoms with E-state index >= 15 is 0 Å². The number of aliphatic carboxylic acids is 1. The van der Waals surface area contributed by atoms with Crippen LogP contribution in [-0.2, 0) is 16.1 Å². The van der Waals surface area contributed by atoms with Crippen LogP contribution in [0.25, 0.3) is 0 Å². The maximum absolute atomic E-state index is 10.5. The minimum atomic E-state index is -1.03. The number of aliphatic hydroxyl groups excluding tert-OH is 1. The van der Waals surface area contributed by atoms with Crippen LogP contribution in [0.1, 0.15) is 5.56 Å². The third kappa shape index (κ3) is 7.17. The standard InChI is InChI=1S/C13H19NO4S/c14-12(13(16)17)9-19-8-11(15)7-18-6-10-4-2-1-3-5-10/h1-5,11-12,15H,6-9,14H2,(H,16,17)/t11?,12-/m1/s1. The van der Waals surface area contributed by atoms with Crippen LogP contribution < -0.4 is 5.73 Å². The number of aliphatic hydroxyl groups is 1. The van der Waals surface area contributed by atoms with Crippen molar-refractivity contribution >= 4 is 17.7 Å². The highest BCUT2D eigenvalue weighted by Crippen LogP contribution is 2.06. The van der Waals surface area contributed by atoms with Gasteiger partial charge in [0.2, 0.25) is 0 Å². The monoisotopic (exact) mass is 285 g/mol. The Kier molecular flexibility index (Phi) is 7.50.